The Bertz CT molecular complexity index is 504. The van der Waals surface area contributed by atoms with E-state index in [-0.39, 0.29) is 6.42 Å². The molecule has 0 amide bonds. The molecule has 1 rings (SSSR count). The molecule has 1 N–H and O–H groups in total. The molecule has 0 heterocycles. The fourth-order valence-corrected chi connectivity index (χ4v) is 1.84. The number of alkyl halides is 6. The maximum atomic E-state index is 13.2. The second-order valence-electron chi connectivity index (χ2n) is 4.41. The van der Waals surface area contributed by atoms with Gasteiger partial charge in [-0.05, 0) is 18.6 Å². The average Bonchev–Trinajstić information content (AvgIpc) is 2.37. The zero-order chi connectivity index (χ0) is 17.2. The van der Waals surface area contributed by atoms with Crippen molar-refractivity contribution >= 4 is 5.97 Å². The lowest BCUT2D eigenvalue weighted by Crippen LogP contribution is -2.56. The summed E-state index contributed by atoms with van der Waals surface area (Å²) in [6, 6.07) is 2.25. The Morgan fingerprint density at radius 1 is 1.05 bits per heavy atom. The molecule has 0 saturated carbocycles. The molecule has 0 radical (unpaired) electrons. The third-order valence-electron chi connectivity index (χ3n) is 2.86. The Morgan fingerprint density at radius 2 is 1.50 bits per heavy atom. The number of aromatic carboxylic acids is 1. The fourth-order valence-electron chi connectivity index (χ4n) is 1.84. The second kappa shape index (κ2) is 6.15. The first-order chi connectivity index (χ1) is 9.97. The van der Waals surface area contributed by atoms with Crippen molar-refractivity contribution in [2.24, 2.45) is 0 Å². The van der Waals surface area contributed by atoms with Gasteiger partial charge < -0.3 is 9.84 Å². The lowest BCUT2D eigenvalue weighted by Gasteiger charge is -2.37. The van der Waals surface area contributed by atoms with Crippen LogP contribution in [0.4, 0.5) is 26.3 Å². The molecule has 0 aromatic heterocycles. The largest absolute Gasteiger partial charge is 0.478 e. The zero-order valence-corrected chi connectivity index (χ0v) is 11.3. The monoisotopic (exact) mass is 330 g/mol. The van der Waals surface area contributed by atoms with Gasteiger partial charge in [0.1, 0.15) is 0 Å². The van der Waals surface area contributed by atoms with Crippen molar-refractivity contribution in [2.45, 2.75) is 31.3 Å². The van der Waals surface area contributed by atoms with Crippen LogP contribution in [-0.2, 0) is 10.3 Å². The summed E-state index contributed by atoms with van der Waals surface area (Å²) in [5, 5.41) is 8.66. The topological polar surface area (TPSA) is 46.5 Å². The molecule has 22 heavy (non-hydrogen) atoms. The number of benzene rings is 1. The minimum absolute atomic E-state index is 0.0544. The highest BCUT2D eigenvalue weighted by Gasteiger charge is 2.73. The minimum Gasteiger partial charge on any atom is -0.478 e. The van der Waals surface area contributed by atoms with Crippen molar-refractivity contribution in [2.75, 3.05) is 6.61 Å². The first-order valence-electron chi connectivity index (χ1n) is 6.08. The van der Waals surface area contributed by atoms with Crippen LogP contribution in [0.1, 0.15) is 29.3 Å². The van der Waals surface area contributed by atoms with Gasteiger partial charge in [0.2, 0.25) is 0 Å². The lowest BCUT2D eigenvalue weighted by molar-refractivity contribution is -0.389. The number of ether oxygens (including phenoxy) is 1. The maximum Gasteiger partial charge on any atom is 0.430 e. The normalized spacial score (nSPS) is 13.2. The van der Waals surface area contributed by atoms with Gasteiger partial charge in [-0.3, -0.25) is 0 Å². The molecule has 124 valence electrons. The zero-order valence-electron chi connectivity index (χ0n) is 11.3. The van der Waals surface area contributed by atoms with Crippen molar-refractivity contribution < 1.29 is 41.0 Å². The number of hydrogen-bond acceptors (Lipinski definition) is 2. The average molecular weight is 330 g/mol. The third-order valence-corrected chi connectivity index (χ3v) is 2.86. The van der Waals surface area contributed by atoms with Gasteiger partial charge in [0.15, 0.2) is 0 Å². The second-order valence-corrected chi connectivity index (χ2v) is 4.41. The van der Waals surface area contributed by atoms with Crippen LogP contribution in [0.3, 0.4) is 0 Å². The van der Waals surface area contributed by atoms with Crippen LogP contribution in [0.15, 0.2) is 24.3 Å². The Balaban J connectivity index is 3.50. The van der Waals surface area contributed by atoms with E-state index in [4.69, 9.17) is 5.11 Å². The molecule has 3 nitrogen and oxygen atoms in total. The molecule has 0 unspecified atom stereocenters. The van der Waals surface area contributed by atoms with Crippen molar-refractivity contribution in [1.29, 1.82) is 0 Å². The van der Waals surface area contributed by atoms with E-state index in [1.807, 2.05) is 0 Å². The quantitative estimate of drug-likeness (QED) is 0.826. The van der Waals surface area contributed by atoms with Crippen LogP contribution in [0.5, 0.6) is 0 Å². The van der Waals surface area contributed by atoms with Crippen molar-refractivity contribution in [1.82, 2.24) is 0 Å². The lowest BCUT2D eigenvalue weighted by atomic mass is 9.91. The Labute approximate surface area is 121 Å². The van der Waals surface area contributed by atoms with Crippen LogP contribution in [-0.4, -0.2) is 30.0 Å². The summed E-state index contributed by atoms with van der Waals surface area (Å²) in [7, 11) is 0. The molecular weight excluding hydrogens is 318 g/mol. The molecule has 0 fully saturated rings. The Morgan fingerprint density at radius 3 is 1.82 bits per heavy atom. The SMILES string of the molecule is CCCOC(c1ccc(C(=O)O)cc1)(C(F)(F)F)C(F)(F)F. The molecule has 0 atom stereocenters. The maximum absolute atomic E-state index is 13.2. The molecule has 0 aliphatic rings. The highest BCUT2D eigenvalue weighted by atomic mass is 19.4. The van der Waals surface area contributed by atoms with Gasteiger partial charge in [0.05, 0.1) is 5.56 Å². The number of hydrogen-bond donors (Lipinski definition) is 1. The number of carboxylic acids is 1. The van der Waals surface area contributed by atoms with E-state index in [0.29, 0.717) is 24.3 Å². The summed E-state index contributed by atoms with van der Waals surface area (Å²) in [6.45, 7) is 0.602. The first-order valence-corrected chi connectivity index (χ1v) is 6.08. The summed E-state index contributed by atoms with van der Waals surface area (Å²) in [5.41, 5.74) is -6.14. The van der Waals surface area contributed by atoms with Gasteiger partial charge in [0, 0.05) is 12.2 Å². The summed E-state index contributed by atoms with van der Waals surface area (Å²) < 4.78 is 83.3. The summed E-state index contributed by atoms with van der Waals surface area (Å²) in [5.74, 6) is -1.47. The minimum atomic E-state index is -5.76. The molecule has 0 spiro atoms. The number of carboxylic acid groups (broad SMARTS) is 1. The molecular formula is C13H12F6O3. The number of halogens is 6. The number of rotatable bonds is 5. The predicted octanol–water partition coefficient (Wildman–Crippen LogP) is 4.13. The van der Waals surface area contributed by atoms with E-state index in [1.165, 1.54) is 6.92 Å². The molecule has 1 aromatic carbocycles. The Hall–Kier alpha value is -1.77. The van der Waals surface area contributed by atoms with Gasteiger partial charge in [-0.1, -0.05) is 19.1 Å². The smallest absolute Gasteiger partial charge is 0.430 e. The van der Waals surface area contributed by atoms with E-state index in [2.05, 4.69) is 4.74 Å². The molecule has 1 aromatic rings. The summed E-state index contributed by atoms with van der Waals surface area (Å²) >= 11 is 0. The van der Waals surface area contributed by atoms with Gasteiger partial charge >= 0.3 is 18.3 Å². The first kappa shape index (κ1) is 18.3. The van der Waals surface area contributed by atoms with Gasteiger partial charge in [-0.2, -0.15) is 26.3 Å². The van der Waals surface area contributed by atoms with Crippen LogP contribution in [0, 0.1) is 0 Å². The van der Waals surface area contributed by atoms with Crippen LogP contribution >= 0.6 is 0 Å². The van der Waals surface area contributed by atoms with E-state index in [9.17, 15) is 31.1 Å². The predicted molar refractivity (Wildman–Crippen MR) is 63.4 cm³/mol. The molecule has 0 aliphatic carbocycles. The van der Waals surface area contributed by atoms with Crippen molar-refractivity contribution in [3.05, 3.63) is 35.4 Å². The summed E-state index contributed by atoms with van der Waals surface area (Å²) in [4.78, 5) is 10.7. The third kappa shape index (κ3) is 3.18. The molecule has 0 bridgehead atoms. The molecule has 9 heteroatoms. The van der Waals surface area contributed by atoms with E-state index < -0.39 is 41.7 Å². The van der Waals surface area contributed by atoms with Gasteiger partial charge in [-0.25, -0.2) is 4.79 Å². The highest BCUT2D eigenvalue weighted by Crippen LogP contribution is 2.52. The van der Waals surface area contributed by atoms with Crippen LogP contribution in [0.25, 0.3) is 0 Å². The standard InChI is InChI=1S/C13H12F6O3/c1-2-7-22-11(12(14,15)16,13(17,18)19)9-5-3-8(4-6-9)10(20)21/h3-6H,2,7H2,1H3,(H,20,21). The van der Waals surface area contributed by atoms with Gasteiger partial charge in [0.25, 0.3) is 5.60 Å². The molecule has 0 aliphatic heterocycles. The molecule has 0 saturated heterocycles. The van der Waals surface area contributed by atoms with E-state index in [0.717, 1.165) is 0 Å². The fraction of sp³-hybridized carbons (Fsp3) is 0.462. The van der Waals surface area contributed by atoms with Crippen molar-refractivity contribution in [3.63, 3.8) is 0 Å². The van der Waals surface area contributed by atoms with Gasteiger partial charge in [-0.15, -0.1) is 0 Å². The van der Waals surface area contributed by atoms with Crippen LogP contribution in [0.2, 0.25) is 0 Å². The Kier molecular flexibility index (Phi) is 5.11. The van der Waals surface area contributed by atoms with Crippen LogP contribution < -0.4 is 0 Å². The number of carbonyl (C=O) groups is 1. The summed E-state index contributed by atoms with van der Waals surface area (Å²) in [6.07, 6.45) is -11.6. The van der Waals surface area contributed by atoms with E-state index in [1.54, 1.807) is 0 Å². The van der Waals surface area contributed by atoms with E-state index >= 15 is 0 Å². The van der Waals surface area contributed by atoms with Crippen molar-refractivity contribution in [3.8, 4) is 0 Å². The highest BCUT2D eigenvalue weighted by molar-refractivity contribution is 5.87.